The maximum Gasteiger partial charge on any atom is 0.169 e. The van der Waals surface area contributed by atoms with E-state index in [1.165, 1.54) is 7.11 Å². The average Bonchev–Trinajstić information content (AvgIpc) is 2.04. The first-order valence-electron chi connectivity index (χ1n) is 3.35. The first-order valence-corrected chi connectivity index (χ1v) is 3.35. The van der Waals surface area contributed by atoms with Gasteiger partial charge in [-0.1, -0.05) is 5.16 Å². The Morgan fingerprint density at radius 3 is 2.50 bits per heavy atom. The SMILES string of the molecule is CON=Cc1cc[n+](C)cc1.[I-]. The lowest BCUT2D eigenvalue weighted by molar-refractivity contribution is -0.671. The van der Waals surface area contributed by atoms with E-state index in [2.05, 4.69) is 9.99 Å². The van der Waals surface area contributed by atoms with Crippen LogP contribution in [0.25, 0.3) is 0 Å². The highest BCUT2D eigenvalue weighted by molar-refractivity contribution is 5.78. The number of oxime groups is 1. The Hall–Kier alpha value is -0.650. The maximum absolute atomic E-state index is 4.54. The number of rotatable bonds is 2. The van der Waals surface area contributed by atoms with E-state index >= 15 is 0 Å². The summed E-state index contributed by atoms with van der Waals surface area (Å²) in [5, 5.41) is 3.64. The highest BCUT2D eigenvalue weighted by atomic mass is 127. The van der Waals surface area contributed by atoms with Crippen molar-refractivity contribution in [2.75, 3.05) is 7.11 Å². The number of hydrogen-bond donors (Lipinski definition) is 0. The van der Waals surface area contributed by atoms with Crippen LogP contribution >= 0.6 is 0 Å². The van der Waals surface area contributed by atoms with Crippen LogP contribution in [0.15, 0.2) is 29.7 Å². The standard InChI is InChI=1S/C8H11N2O.HI/c1-10-5-3-8(4-6-10)7-9-11-2;/h3-7H,1-2H3;1H/q+1;/p-1. The number of aromatic nitrogens is 1. The Kier molecular flexibility index (Phi) is 5.61. The van der Waals surface area contributed by atoms with Gasteiger partial charge in [0.15, 0.2) is 12.4 Å². The van der Waals surface area contributed by atoms with Crippen molar-refractivity contribution >= 4 is 6.21 Å². The molecule has 3 nitrogen and oxygen atoms in total. The molecule has 0 saturated carbocycles. The largest absolute Gasteiger partial charge is 1.00 e. The summed E-state index contributed by atoms with van der Waals surface area (Å²) in [6.07, 6.45) is 5.58. The van der Waals surface area contributed by atoms with Gasteiger partial charge in [-0.3, -0.25) is 0 Å². The van der Waals surface area contributed by atoms with Crippen LogP contribution in [0.4, 0.5) is 0 Å². The summed E-state index contributed by atoms with van der Waals surface area (Å²) in [6, 6.07) is 3.92. The molecule has 66 valence electrons. The predicted molar refractivity (Wildman–Crippen MR) is 42.2 cm³/mol. The van der Waals surface area contributed by atoms with Gasteiger partial charge in [0.2, 0.25) is 0 Å². The van der Waals surface area contributed by atoms with E-state index in [-0.39, 0.29) is 24.0 Å². The Bertz CT molecular complexity index is 246. The van der Waals surface area contributed by atoms with Crippen LogP contribution in [-0.4, -0.2) is 13.3 Å². The third-order valence-corrected chi connectivity index (χ3v) is 1.31. The van der Waals surface area contributed by atoms with E-state index in [0.29, 0.717) is 0 Å². The fourth-order valence-corrected chi connectivity index (χ4v) is 0.712. The average molecular weight is 278 g/mol. The Morgan fingerprint density at radius 2 is 2.00 bits per heavy atom. The summed E-state index contributed by atoms with van der Waals surface area (Å²) in [6.45, 7) is 0. The minimum absolute atomic E-state index is 0. The normalized spacial score (nSPS) is 9.50. The Morgan fingerprint density at radius 1 is 1.42 bits per heavy atom. The zero-order chi connectivity index (χ0) is 8.10. The van der Waals surface area contributed by atoms with E-state index < -0.39 is 0 Å². The second-order valence-electron chi connectivity index (χ2n) is 2.21. The summed E-state index contributed by atoms with van der Waals surface area (Å²) < 4.78 is 1.96. The molecule has 0 fully saturated rings. The zero-order valence-corrected chi connectivity index (χ0v) is 9.22. The van der Waals surface area contributed by atoms with E-state index in [1.54, 1.807) is 6.21 Å². The number of halogens is 1. The molecular weight excluding hydrogens is 267 g/mol. The van der Waals surface area contributed by atoms with Crippen LogP contribution in [0.2, 0.25) is 0 Å². The third-order valence-electron chi connectivity index (χ3n) is 1.31. The van der Waals surface area contributed by atoms with Gasteiger partial charge in [0.25, 0.3) is 0 Å². The highest BCUT2D eigenvalue weighted by Gasteiger charge is 1.90. The van der Waals surface area contributed by atoms with Gasteiger partial charge in [-0.05, 0) is 0 Å². The molecular formula is C8H11IN2O. The molecule has 0 bridgehead atoms. The van der Waals surface area contributed by atoms with Gasteiger partial charge in [0, 0.05) is 17.7 Å². The number of pyridine rings is 1. The molecule has 0 spiro atoms. The lowest BCUT2D eigenvalue weighted by Crippen LogP contribution is -3.00. The van der Waals surface area contributed by atoms with E-state index in [1.807, 2.05) is 36.1 Å². The molecule has 0 aromatic carbocycles. The summed E-state index contributed by atoms with van der Waals surface area (Å²) in [5.41, 5.74) is 1.03. The van der Waals surface area contributed by atoms with Crippen LogP contribution in [-0.2, 0) is 11.9 Å². The number of aryl methyl sites for hydroxylation is 1. The fourth-order valence-electron chi connectivity index (χ4n) is 0.712. The predicted octanol–water partition coefficient (Wildman–Crippen LogP) is -2.50. The van der Waals surface area contributed by atoms with Gasteiger partial charge in [-0.15, -0.1) is 0 Å². The zero-order valence-electron chi connectivity index (χ0n) is 7.07. The Balaban J connectivity index is 0.00000121. The molecule has 1 aromatic heterocycles. The summed E-state index contributed by atoms with van der Waals surface area (Å²) in [4.78, 5) is 4.54. The molecule has 1 heterocycles. The molecule has 1 aromatic rings. The lowest BCUT2D eigenvalue weighted by Gasteiger charge is -1.88. The van der Waals surface area contributed by atoms with E-state index in [0.717, 1.165) is 5.56 Å². The van der Waals surface area contributed by atoms with Gasteiger partial charge in [-0.25, -0.2) is 4.57 Å². The lowest BCUT2D eigenvalue weighted by atomic mass is 10.3. The molecule has 0 N–H and O–H groups in total. The third kappa shape index (κ3) is 3.66. The quantitative estimate of drug-likeness (QED) is 0.254. The first kappa shape index (κ1) is 11.4. The van der Waals surface area contributed by atoms with Crippen molar-refractivity contribution < 1.29 is 33.4 Å². The van der Waals surface area contributed by atoms with Crippen molar-refractivity contribution in [2.24, 2.45) is 12.2 Å². The van der Waals surface area contributed by atoms with Gasteiger partial charge >= 0.3 is 0 Å². The fraction of sp³-hybridized carbons (Fsp3) is 0.250. The van der Waals surface area contributed by atoms with Crippen LogP contribution in [0.3, 0.4) is 0 Å². The minimum atomic E-state index is 0. The van der Waals surface area contributed by atoms with Crippen molar-refractivity contribution in [2.45, 2.75) is 0 Å². The number of hydrogen-bond acceptors (Lipinski definition) is 2. The van der Waals surface area contributed by atoms with Crippen molar-refractivity contribution in [3.63, 3.8) is 0 Å². The molecule has 0 saturated heterocycles. The summed E-state index contributed by atoms with van der Waals surface area (Å²) >= 11 is 0. The summed E-state index contributed by atoms with van der Waals surface area (Å²) in [5.74, 6) is 0. The maximum atomic E-state index is 4.54. The molecule has 0 amide bonds. The second kappa shape index (κ2) is 5.93. The van der Waals surface area contributed by atoms with Crippen LogP contribution in [0.5, 0.6) is 0 Å². The first-order chi connectivity index (χ1) is 5.33. The van der Waals surface area contributed by atoms with Gasteiger partial charge in [0.1, 0.15) is 14.2 Å². The molecule has 0 atom stereocenters. The van der Waals surface area contributed by atoms with E-state index in [9.17, 15) is 0 Å². The topological polar surface area (TPSA) is 25.5 Å². The molecule has 0 unspecified atom stereocenters. The van der Waals surface area contributed by atoms with Gasteiger partial charge < -0.3 is 28.8 Å². The monoisotopic (exact) mass is 278 g/mol. The highest BCUT2D eigenvalue weighted by Crippen LogP contribution is 1.89. The molecule has 0 aliphatic rings. The van der Waals surface area contributed by atoms with Crippen molar-refractivity contribution in [1.29, 1.82) is 0 Å². The number of nitrogens with zero attached hydrogens (tertiary/aromatic N) is 2. The second-order valence-corrected chi connectivity index (χ2v) is 2.21. The Labute approximate surface area is 89.1 Å². The molecule has 0 radical (unpaired) electrons. The van der Waals surface area contributed by atoms with Crippen LogP contribution in [0.1, 0.15) is 5.56 Å². The smallest absolute Gasteiger partial charge is 0.169 e. The molecule has 1 rings (SSSR count). The molecule has 0 aliphatic heterocycles. The van der Waals surface area contributed by atoms with Crippen molar-refractivity contribution in [1.82, 2.24) is 0 Å². The van der Waals surface area contributed by atoms with Gasteiger partial charge in [-0.2, -0.15) is 0 Å². The molecule has 12 heavy (non-hydrogen) atoms. The molecule has 4 heteroatoms. The van der Waals surface area contributed by atoms with Crippen LogP contribution < -0.4 is 28.5 Å². The minimum Gasteiger partial charge on any atom is -1.00 e. The molecule has 0 aliphatic carbocycles. The van der Waals surface area contributed by atoms with Crippen LogP contribution in [0, 0.1) is 0 Å². The van der Waals surface area contributed by atoms with E-state index in [4.69, 9.17) is 0 Å². The summed E-state index contributed by atoms with van der Waals surface area (Å²) in [7, 11) is 3.50. The van der Waals surface area contributed by atoms with Gasteiger partial charge in [0.05, 0.1) is 6.21 Å². The van der Waals surface area contributed by atoms with Crippen molar-refractivity contribution in [3.8, 4) is 0 Å². The van der Waals surface area contributed by atoms with Crippen molar-refractivity contribution in [3.05, 3.63) is 30.1 Å².